The molecule has 0 spiro atoms. The maximum Gasteiger partial charge on any atom is 0.411 e. The van der Waals surface area contributed by atoms with Gasteiger partial charge < -0.3 is 10.2 Å². The van der Waals surface area contributed by atoms with Gasteiger partial charge in [-0.05, 0) is 59.1 Å². The molecule has 0 bridgehead atoms. The standard InChI is InChI=1S/C27H30F6O2/c1-5-9-17-13-21(14-18(10-6-2)23(17)34)25(26(28,29)30,27(31,32)33)22-15-19(11-7-3)24(35)20(16-22)12-8-4/h5,7,13-16,34-35H,1,3,6,8-12H2,2,4H3. The Balaban J connectivity index is 3.13. The predicted molar refractivity (Wildman–Crippen MR) is 125 cm³/mol. The zero-order valence-electron chi connectivity index (χ0n) is 19.8. The molecule has 0 aliphatic heterocycles. The van der Waals surface area contributed by atoms with E-state index in [-0.39, 0.29) is 59.4 Å². The van der Waals surface area contributed by atoms with Gasteiger partial charge in [-0.15, -0.1) is 13.2 Å². The predicted octanol–water partition coefficient (Wildman–Crippen LogP) is 7.87. The topological polar surface area (TPSA) is 40.5 Å². The van der Waals surface area contributed by atoms with E-state index in [1.807, 2.05) is 0 Å². The van der Waals surface area contributed by atoms with Gasteiger partial charge in [0, 0.05) is 0 Å². The molecule has 2 N–H and O–H groups in total. The van der Waals surface area contributed by atoms with Crippen LogP contribution >= 0.6 is 0 Å². The molecule has 0 aromatic heterocycles. The minimum Gasteiger partial charge on any atom is -0.507 e. The van der Waals surface area contributed by atoms with E-state index in [0.29, 0.717) is 12.8 Å². The largest absolute Gasteiger partial charge is 0.507 e. The molecule has 0 fully saturated rings. The molecule has 0 aliphatic rings. The van der Waals surface area contributed by atoms with Crippen molar-refractivity contribution in [2.75, 3.05) is 0 Å². The molecule has 0 amide bonds. The minimum atomic E-state index is -5.79. The van der Waals surface area contributed by atoms with Crippen molar-refractivity contribution in [3.05, 3.63) is 83.0 Å². The first-order valence-electron chi connectivity index (χ1n) is 11.4. The molecule has 0 atom stereocenters. The number of phenolic OH excluding ortho intramolecular Hbond substituents is 2. The lowest BCUT2D eigenvalue weighted by atomic mass is 9.70. The molecule has 0 radical (unpaired) electrons. The average Bonchev–Trinajstić information content (AvgIpc) is 2.73. The normalized spacial score (nSPS) is 12.6. The molecule has 0 unspecified atom stereocenters. The van der Waals surface area contributed by atoms with E-state index < -0.39 is 28.9 Å². The molecule has 0 aliphatic carbocycles. The number of halogens is 6. The van der Waals surface area contributed by atoms with Crippen LogP contribution in [0.15, 0.2) is 49.6 Å². The minimum absolute atomic E-state index is 0.00130. The second-order valence-corrected chi connectivity index (χ2v) is 8.52. The third-order valence-electron chi connectivity index (χ3n) is 6.02. The van der Waals surface area contributed by atoms with Crippen LogP contribution in [0.1, 0.15) is 60.1 Å². The summed E-state index contributed by atoms with van der Waals surface area (Å²) in [4.78, 5) is 0. The van der Waals surface area contributed by atoms with Crippen LogP contribution in [0.2, 0.25) is 0 Å². The first-order chi connectivity index (χ1) is 16.3. The van der Waals surface area contributed by atoms with Crippen LogP contribution in [-0.4, -0.2) is 22.6 Å². The van der Waals surface area contributed by atoms with Crippen LogP contribution in [0.4, 0.5) is 26.3 Å². The van der Waals surface area contributed by atoms with E-state index in [1.165, 1.54) is 12.2 Å². The number of alkyl halides is 6. The molecular formula is C27H30F6O2. The van der Waals surface area contributed by atoms with Gasteiger partial charge in [-0.25, -0.2) is 0 Å². The highest BCUT2D eigenvalue weighted by Gasteiger charge is 2.72. The number of benzene rings is 2. The van der Waals surface area contributed by atoms with Gasteiger partial charge in [0.1, 0.15) is 11.5 Å². The Morgan fingerprint density at radius 2 is 0.971 bits per heavy atom. The van der Waals surface area contributed by atoms with Crippen LogP contribution in [0, 0.1) is 0 Å². The summed E-state index contributed by atoms with van der Waals surface area (Å²) in [5.41, 5.74) is -6.60. The van der Waals surface area contributed by atoms with Crippen molar-refractivity contribution in [3.63, 3.8) is 0 Å². The highest BCUT2D eigenvalue weighted by Crippen LogP contribution is 2.57. The molecule has 2 aromatic rings. The van der Waals surface area contributed by atoms with Crippen LogP contribution in [0.3, 0.4) is 0 Å². The Hall–Kier alpha value is -2.90. The van der Waals surface area contributed by atoms with E-state index in [9.17, 15) is 36.6 Å². The molecule has 2 nitrogen and oxygen atoms in total. The number of aromatic hydroxyl groups is 2. The fourth-order valence-electron chi connectivity index (χ4n) is 4.48. The van der Waals surface area contributed by atoms with Crippen molar-refractivity contribution >= 4 is 0 Å². The summed E-state index contributed by atoms with van der Waals surface area (Å²) < 4.78 is 89.0. The highest BCUT2D eigenvalue weighted by atomic mass is 19.4. The Morgan fingerprint density at radius 1 is 0.657 bits per heavy atom. The maximum absolute atomic E-state index is 14.8. The molecule has 0 heterocycles. The monoisotopic (exact) mass is 500 g/mol. The number of phenols is 2. The van der Waals surface area contributed by atoms with Gasteiger partial charge in [-0.1, -0.05) is 63.1 Å². The van der Waals surface area contributed by atoms with E-state index in [1.54, 1.807) is 13.8 Å². The van der Waals surface area contributed by atoms with Crippen molar-refractivity contribution in [2.24, 2.45) is 0 Å². The quantitative estimate of drug-likeness (QED) is 0.257. The molecule has 8 heteroatoms. The summed E-state index contributed by atoms with van der Waals surface area (Å²) in [5.74, 6) is -0.669. The summed E-state index contributed by atoms with van der Waals surface area (Å²) in [6.07, 6.45) is -8.20. The van der Waals surface area contributed by atoms with Gasteiger partial charge in [0.25, 0.3) is 0 Å². The Labute approximate surface area is 201 Å². The SMILES string of the molecule is C=CCc1cc(C(c2cc(CC=C)c(O)c(CCC)c2)(C(F)(F)F)C(F)(F)F)cc(CCC)c1O. The third kappa shape index (κ3) is 5.21. The lowest BCUT2D eigenvalue weighted by Crippen LogP contribution is -2.55. The number of rotatable bonds is 10. The van der Waals surface area contributed by atoms with Crippen LogP contribution in [0.5, 0.6) is 11.5 Å². The van der Waals surface area contributed by atoms with Crippen molar-refractivity contribution in [1.82, 2.24) is 0 Å². The fraction of sp³-hybridized carbons (Fsp3) is 0.407. The zero-order valence-corrected chi connectivity index (χ0v) is 19.8. The Kier molecular flexibility index (Phi) is 8.74. The van der Waals surface area contributed by atoms with Gasteiger partial charge in [0.2, 0.25) is 5.41 Å². The molecule has 0 saturated heterocycles. The molecule has 35 heavy (non-hydrogen) atoms. The van der Waals surface area contributed by atoms with E-state index >= 15 is 0 Å². The summed E-state index contributed by atoms with van der Waals surface area (Å²) in [6.45, 7) is 10.4. The first kappa shape index (κ1) is 28.3. The summed E-state index contributed by atoms with van der Waals surface area (Å²) >= 11 is 0. The zero-order chi connectivity index (χ0) is 26.6. The van der Waals surface area contributed by atoms with Crippen molar-refractivity contribution in [3.8, 4) is 11.5 Å². The summed E-state index contributed by atoms with van der Waals surface area (Å²) in [5, 5.41) is 21.1. The molecule has 2 rings (SSSR count). The number of hydrogen-bond donors (Lipinski definition) is 2. The summed E-state index contributed by atoms with van der Waals surface area (Å²) in [6, 6.07) is 3.12. The molecular weight excluding hydrogens is 470 g/mol. The van der Waals surface area contributed by atoms with Gasteiger partial charge >= 0.3 is 12.4 Å². The van der Waals surface area contributed by atoms with Crippen molar-refractivity contribution in [2.45, 2.75) is 70.1 Å². The van der Waals surface area contributed by atoms with Crippen molar-refractivity contribution in [1.29, 1.82) is 0 Å². The van der Waals surface area contributed by atoms with E-state index in [4.69, 9.17) is 0 Å². The molecule has 192 valence electrons. The Morgan fingerprint density at radius 3 is 1.23 bits per heavy atom. The second kappa shape index (κ2) is 10.8. The lowest BCUT2D eigenvalue weighted by molar-refractivity contribution is -0.288. The smallest absolute Gasteiger partial charge is 0.411 e. The van der Waals surface area contributed by atoms with Gasteiger partial charge in [-0.2, -0.15) is 26.3 Å². The lowest BCUT2D eigenvalue weighted by Gasteiger charge is -2.39. The molecule has 2 aromatic carbocycles. The van der Waals surface area contributed by atoms with Crippen LogP contribution in [0.25, 0.3) is 0 Å². The second-order valence-electron chi connectivity index (χ2n) is 8.52. The van der Waals surface area contributed by atoms with Crippen LogP contribution in [-0.2, 0) is 31.1 Å². The fourth-order valence-corrected chi connectivity index (χ4v) is 4.48. The number of aryl methyl sites for hydroxylation is 2. The molecule has 0 saturated carbocycles. The number of allylic oxidation sites excluding steroid dienone is 2. The Bertz CT molecular complexity index is 981. The van der Waals surface area contributed by atoms with E-state index in [2.05, 4.69) is 13.2 Å². The van der Waals surface area contributed by atoms with Gasteiger partial charge in [0.05, 0.1) is 0 Å². The van der Waals surface area contributed by atoms with Crippen molar-refractivity contribution < 1.29 is 36.6 Å². The van der Waals surface area contributed by atoms with Crippen LogP contribution < -0.4 is 0 Å². The first-order valence-corrected chi connectivity index (χ1v) is 11.4. The summed E-state index contributed by atoms with van der Waals surface area (Å²) in [7, 11) is 0. The highest BCUT2D eigenvalue weighted by molar-refractivity contribution is 5.56. The maximum atomic E-state index is 14.8. The third-order valence-corrected chi connectivity index (χ3v) is 6.02. The number of hydrogen-bond acceptors (Lipinski definition) is 2. The van der Waals surface area contributed by atoms with Gasteiger partial charge in [-0.3, -0.25) is 0 Å². The van der Waals surface area contributed by atoms with Gasteiger partial charge in [0.15, 0.2) is 0 Å². The van der Waals surface area contributed by atoms with E-state index in [0.717, 1.165) is 24.3 Å². The average molecular weight is 501 g/mol.